The Hall–Kier alpha value is -3.60. The topological polar surface area (TPSA) is 120 Å². The highest BCUT2D eigenvalue weighted by Gasteiger charge is 2.31. The van der Waals surface area contributed by atoms with Crippen molar-refractivity contribution in [3.05, 3.63) is 155 Å². The Morgan fingerprint density at radius 3 is 1.71 bits per heavy atom. The van der Waals surface area contributed by atoms with Gasteiger partial charge in [0.2, 0.25) is 0 Å². The second kappa shape index (κ2) is 26.8. The summed E-state index contributed by atoms with van der Waals surface area (Å²) < 4.78 is 10.1. The molecule has 1 amide bonds. The van der Waals surface area contributed by atoms with Gasteiger partial charge in [0.25, 0.3) is 5.82 Å². The van der Waals surface area contributed by atoms with Crippen molar-refractivity contribution in [2.24, 2.45) is 0 Å². The molecule has 4 N–H and O–H groups in total. The number of nitrogens with one attached hydrogen (secondary N) is 4. The summed E-state index contributed by atoms with van der Waals surface area (Å²) in [4.78, 5) is 30.6. The fourth-order valence-corrected chi connectivity index (χ4v) is 11.9. The molecule has 0 unspecified atom stereocenters. The highest BCUT2D eigenvalue weighted by molar-refractivity contribution is 9.08. The first kappa shape index (κ1) is 59.5. The molecule has 0 spiro atoms. The molecule has 6 heterocycles. The highest BCUT2D eigenvalue weighted by Crippen LogP contribution is 2.35. The molecule has 19 heteroatoms. The largest absolute Gasteiger partial charge is 0.444 e. The Balaban J connectivity index is 0.000000188. The smallest absolute Gasteiger partial charge is 0.410 e. The van der Waals surface area contributed by atoms with Crippen LogP contribution in [0.25, 0.3) is 33.1 Å². The Labute approximate surface area is 498 Å². The molecule has 3 aromatic heterocycles. The van der Waals surface area contributed by atoms with Crippen molar-refractivity contribution < 1.29 is 14.1 Å². The molecule has 410 valence electrons. The number of benzene rings is 5. The van der Waals surface area contributed by atoms with Crippen molar-refractivity contribution in [3.8, 4) is 0 Å². The molecule has 0 saturated carbocycles. The molecule has 11 nitrogen and oxygen atoms in total. The number of hydrogen-bond acceptors (Lipinski definition) is 6. The zero-order valence-corrected chi connectivity index (χ0v) is 50.4. The van der Waals surface area contributed by atoms with Crippen molar-refractivity contribution in [2.75, 3.05) is 39.3 Å². The lowest BCUT2D eigenvalue weighted by molar-refractivity contribution is -0.671. The summed E-state index contributed by atoms with van der Waals surface area (Å²) in [5.41, 5.74) is 10.3. The summed E-state index contributed by atoms with van der Waals surface area (Å²) in [7, 11) is 0. The Morgan fingerprint density at radius 2 is 1.13 bits per heavy atom. The summed E-state index contributed by atoms with van der Waals surface area (Å²) >= 11 is 44.6. The van der Waals surface area contributed by atoms with Crippen LogP contribution in [-0.2, 0) is 28.5 Å². The fraction of sp³-hybridized carbons (Fsp3) is 0.414. The molecule has 8 aromatic rings. The van der Waals surface area contributed by atoms with Crippen LogP contribution < -0.4 is 15.2 Å². The van der Waals surface area contributed by atoms with Gasteiger partial charge in [0, 0.05) is 54.3 Å². The number of aromatic nitrogens is 6. The van der Waals surface area contributed by atoms with Crippen LogP contribution in [0.1, 0.15) is 124 Å². The number of amides is 1. The van der Waals surface area contributed by atoms with Crippen LogP contribution in [0.2, 0.25) is 30.1 Å². The lowest BCUT2D eigenvalue weighted by atomic mass is 9.96. The normalized spacial score (nSPS) is 15.8. The van der Waals surface area contributed by atoms with Crippen LogP contribution in [-0.4, -0.2) is 80.4 Å². The maximum atomic E-state index is 12.1. The number of rotatable bonds is 9. The van der Waals surface area contributed by atoms with E-state index in [9.17, 15) is 4.79 Å². The van der Waals surface area contributed by atoms with E-state index in [-0.39, 0.29) is 19.4 Å². The van der Waals surface area contributed by atoms with Gasteiger partial charge in [-0.15, -0.1) is 0 Å². The molecule has 3 aliphatic rings. The number of aromatic amines is 2. The summed E-state index contributed by atoms with van der Waals surface area (Å²) in [6, 6.07) is 28.8. The van der Waals surface area contributed by atoms with Crippen LogP contribution >= 0.6 is 101 Å². The number of piperidine rings is 3. The molecule has 3 aliphatic heterocycles. The van der Waals surface area contributed by atoms with E-state index < -0.39 is 5.60 Å². The second-order valence-electron chi connectivity index (χ2n) is 20.8. The number of halogens is 8. The van der Waals surface area contributed by atoms with Crippen LogP contribution in [0.4, 0.5) is 4.79 Å². The monoisotopic (exact) mass is 1290 g/mol. The lowest BCUT2D eigenvalue weighted by Gasteiger charge is -2.32. The van der Waals surface area contributed by atoms with Gasteiger partial charge in [-0.2, -0.15) is 0 Å². The van der Waals surface area contributed by atoms with E-state index in [1.54, 1.807) is 17.0 Å². The summed E-state index contributed by atoms with van der Waals surface area (Å²) in [6.45, 7) is 12.5. The molecular weight excluding hydrogens is 1230 g/mol. The number of alkyl halides is 2. The third-order valence-electron chi connectivity index (χ3n) is 14.2. The van der Waals surface area contributed by atoms with Gasteiger partial charge in [0.1, 0.15) is 23.8 Å². The van der Waals surface area contributed by atoms with E-state index in [0.29, 0.717) is 55.1 Å². The van der Waals surface area contributed by atoms with Gasteiger partial charge in [-0.25, -0.2) is 24.3 Å². The molecule has 3 fully saturated rings. The predicted molar refractivity (Wildman–Crippen MR) is 327 cm³/mol. The quantitative estimate of drug-likeness (QED) is 0.0844. The number of nitrogens with zero attached hydrogens (tertiary/aromatic N) is 5. The first-order chi connectivity index (χ1) is 36.5. The van der Waals surface area contributed by atoms with Gasteiger partial charge < -0.3 is 29.8 Å². The Kier molecular flexibility index (Phi) is 20.7. The summed E-state index contributed by atoms with van der Waals surface area (Å²) in [5.74, 6) is 4.42. The summed E-state index contributed by atoms with van der Waals surface area (Å²) in [6.07, 6.45) is 5.78. The zero-order chi connectivity index (χ0) is 53.7. The number of fused-ring (bicyclic) bond motifs is 3. The third kappa shape index (κ3) is 14.9. The van der Waals surface area contributed by atoms with E-state index in [4.69, 9.17) is 79.3 Å². The summed E-state index contributed by atoms with van der Waals surface area (Å²) in [5, 5.41) is 12.1. The van der Waals surface area contributed by atoms with E-state index >= 15 is 0 Å². The van der Waals surface area contributed by atoms with Crippen molar-refractivity contribution in [3.63, 3.8) is 0 Å². The molecule has 0 atom stereocenters. The van der Waals surface area contributed by atoms with Crippen LogP contribution in [0, 0.1) is 0 Å². The first-order valence-corrected chi connectivity index (χ1v) is 30.3. The molecule has 0 aliphatic carbocycles. The van der Waals surface area contributed by atoms with Crippen molar-refractivity contribution in [1.29, 1.82) is 0 Å². The lowest BCUT2D eigenvalue weighted by Crippen LogP contribution is -2.41. The average Bonchev–Trinajstić information content (AvgIpc) is 4.13. The first-order valence-electron chi connectivity index (χ1n) is 25.8. The average molecular weight is 1290 g/mol. The number of likely N-dealkylation sites (tertiary alicyclic amines) is 1. The predicted octanol–water partition coefficient (Wildman–Crippen LogP) is 16.5. The molecule has 0 radical (unpaired) electrons. The van der Waals surface area contributed by atoms with Gasteiger partial charge in [-0.05, 0) is 132 Å². The van der Waals surface area contributed by atoms with Crippen LogP contribution in [0.5, 0.6) is 0 Å². The number of H-pyrrole nitrogens is 2. The molecule has 3 saturated heterocycles. The number of carbonyl (C=O) groups excluding carboxylic acids is 1. The zero-order valence-electron chi connectivity index (χ0n) is 42.7. The standard InChI is InChI=1S/C32H32Cl4N6.C17H21Cl2N3O2.C8H8Br2.CH4/c33-23-13-27-29(15-25(23)35)41(31(39-27)21-5-9-37-10-6-21)17-19-1-2-20(4-3-19)18-42-30-16-26(36)24(34)14-28(30)40-32(42)22-7-11-38-12-8-22;1-17(2,3)24-16(23)22-6-4-10(5-7-22)15-20-13-8-11(18)12(19)9-14(13)21-15;9-5-7-1-2-8(6-10)4-3-7;/h1-4,13-16,21-22,37-38H,5-12,17-18H2;8-10H,4-7H2,1-3H3,(H,20,21);1-4H,5-6H2;1H4/p+1. The minimum Gasteiger partial charge on any atom is -0.444 e. The SMILES string of the molecule is BrCc1ccc(CBr)cc1.C.CC(C)(C)OC(=O)N1CCC(c2nc3cc(Cl)c(Cl)cc3[nH]2)CC1.Clc1cc2nc(C3CCNCC3)n(Cc3ccc(C[n+]4c(C5CCNCC5)[nH]c5cc(Cl)c(Cl)cc54)cc3)c2cc1Cl. The minimum atomic E-state index is -0.467. The fourth-order valence-electron chi connectivity index (χ4n) is 10.2. The number of imidazole rings is 3. The van der Waals surface area contributed by atoms with Crippen molar-refractivity contribution in [1.82, 2.24) is 40.0 Å². The van der Waals surface area contributed by atoms with E-state index in [1.165, 1.54) is 28.1 Å². The van der Waals surface area contributed by atoms with Gasteiger partial charge >= 0.3 is 6.09 Å². The molecule has 0 bridgehead atoms. The highest BCUT2D eigenvalue weighted by atomic mass is 79.9. The van der Waals surface area contributed by atoms with E-state index in [1.807, 2.05) is 45.0 Å². The second-order valence-corrected chi connectivity index (χ2v) is 24.4. The molecule has 11 rings (SSSR count). The van der Waals surface area contributed by atoms with E-state index in [2.05, 4.69) is 115 Å². The van der Waals surface area contributed by atoms with E-state index in [0.717, 1.165) is 133 Å². The van der Waals surface area contributed by atoms with Crippen LogP contribution in [0.3, 0.4) is 0 Å². The third-order valence-corrected chi connectivity index (χ3v) is 17.7. The minimum absolute atomic E-state index is 0. The number of hydrogen-bond donors (Lipinski definition) is 4. The van der Waals surface area contributed by atoms with Crippen LogP contribution in [0.15, 0.2) is 84.9 Å². The Morgan fingerprint density at radius 1 is 0.623 bits per heavy atom. The number of ether oxygens (including phenoxy) is 1. The van der Waals surface area contributed by atoms with Gasteiger partial charge in [0.05, 0.1) is 58.1 Å². The van der Waals surface area contributed by atoms with Crippen molar-refractivity contribution >= 4 is 141 Å². The van der Waals surface area contributed by atoms with Gasteiger partial charge in [-0.3, -0.25) is 0 Å². The molecule has 77 heavy (non-hydrogen) atoms. The van der Waals surface area contributed by atoms with Gasteiger partial charge in [-0.1, -0.05) is 157 Å². The Bertz CT molecular complexity index is 3090. The van der Waals surface area contributed by atoms with Gasteiger partial charge in [0.15, 0.2) is 11.0 Å². The maximum Gasteiger partial charge on any atom is 0.410 e. The molecule has 5 aromatic carbocycles. The molecular formula is C58H66Br2Cl6N9O2+. The maximum absolute atomic E-state index is 12.1. The number of carbonyl (C=O) groups is 1. The van der Waals surface area contributed by atoms with Crippen molar-refractivity contribution in [2.45, 2.75) is 114 Å².